The number of guanidine groups is 1. The zero-order chi connectivity index (χ0) is 17.5. The quantitative estimate of drug-likeness (QED) is 0.352. The van der Waals surface area contributed by atoms with Gasteiger partial charge in [0.1, 0.15) is 0 Å². The Morgan fingerprint density at radius 1 is 1.23 bits per heavy atom. The minimum absolute atomic E-state index is 0. The number of hydrogen-bond donors (Lipinski definition) is 2. The van der Waals surface area contributed by atoms with Crippen LogP contribution in [0.15, 0.2) is 58.1 Å². The number of hydrogen-bond acceptors (Lipinski definition) is 3. The van der Waals surface area contributed by atoms with Crippen molar-refractivity contribution < 1.29 is 0 Å². The Labute approximate surface area is 180 Å². The summed E-state index contributed by atoms with van der Waals surface area (Å²) in [6.45, 7) is 3.78. The molecule has 7 heteroatoms. The van der Waals surface area contributed by atoms with Crippen LogP contribution in [0.4, 0.5) is 5.69 Å². The molecule has 0 spiro atoms. The van der Waals surface area contributed by atoms with Crippen LogP contribution in [0, 0.1) is 5.92 Å². The summed E-state index contributed by atoms with van der Waals surface area (Å²) in [6.07, 6.45) is 3.00. The van der Waals surface area contributed by atoms with Crippen molar-refractivity contribution in [2.45, 2.75) is 13.0 Å². The van der Waals surface area contributed by atoms with Gasteiger partial charge in [0.15, 0.2) is 5.96 Å². The molecular weight excluding hydrogens is 505 g/mol. The lowest BCUT2D eigenvalue weighted by Crippen LogP contribution is -2.40. The van der Waals surface area contributed by atoms with E-state index in [1.54, 1.807) is 7.05 Å². The summed E-state index contributed by atoms with van der Waals surface area (Å²) in [7, 11) is 1.80. The van der Waals surface area contributed by atoms with Crippen molar-refractivity contribution in [3.63, 3.8) is 0 Å². The van der Waals surface area contributed by atoms with Gasteiger partial charge in [0.2, 0.25) is 0 Å². The van der Waals surface area contributed by atoms with Gasteiger partial charge in [0.05, 0.1) is 12.2 Å². The van der Waals surface area contributed by atoms with Gasteiger partial charge in [-0.1, -0.05) is 22.0 Å². The predicted octanol–water partition coefficient (Wildman–Crippen LogP) is 3.65. The molecule has 1 atom stereocenters. The molecule has 1 aromatic carbocycles. The third-order valence-electron chi connectivity index (χ3n) is 4.42. The highest BCUT2D eigenvalue weighted by molar-refractivity contribution is 14.0. The Balaban J connectivity index is 0.00000243. The second kappa shape index (κ2) is 10.7. The summed E-state index contributed by atoms with van der Waals surface area (Å²) in [5, 5.41) is 6.76. The lowest BCUT2D eigenvalue weighted by molar-refractivity contribution is 0.565. The van der Waals surface area contributed by atoms with E-state index in [9.17, 15) is 0 Å². The molecule has 0 bridgehead atoms. The third kappa shape index (κ3) is 6.12. The average Bonchev–Trinajstić information content (AvgIpc) is 3.12. The highest BCUT2D eigenvalue weighted by atomic mass is 127. The fourth-order valence-electron chi connectivity index (χ4n) is 3.02. The van der Waals surface area contributed by atoms with Gasteiger partial charge >= 0.3 is 0 Å². The van der Waals surface area contributed by atoms with Crippen LogP contribution in [-0.4, -0.2) is 37.6 Å². The molecule has 1 aliphatic heterocycles. The van der Waals surface area contributed by atoms with Crippen molar-refractivity contribution in [2.24, 2.45) is 10.9 Å². The number of nitrogens with one attached hydrogen (secondary N) is 2. The number of rotatable bonds is 5. The van der Waals surface area contributed by atoms with Crippen LogP contribution in [0.1, 0.15) is 12.1 Å². The van der Waals surface area contributed by atoms with Crippen LogP contribution < -0.4 is 15.5 Å². The number of halogens is 2. The number of anilines is 1. The summed E-state index contributed by atoms with van der Waals surface area (Å²) >= 11 is 3.49. The van der Waals surface area contributed by atoms with Crippen LogP contribution in [-0.2, 0) is 6.54 Å². The number of aromatic nitrogens is 1. The fourth-order valence-corrected chi connectivity index (χ4v) is 3.29. The summed E-state index contributed by atoms with van der Waals surface area (Å²) in [6, 6.07) is 14.5. The molecule has 1 aromatic heterocycles. The molecule has 2 aromatic rings. The van der Waals surface area contributed by atoms with Crippen LogP contribution in [0.3, 0.4) is 0 Å². The molecule has 0 aliphatic carbocycles. The monoisotopic (exact) mass is 529 g/mol. The molecule has 0 amide bonds. The molecule has 2 N–H and O–H groups in total. The lowest BCUT2D eigenvalue weighted by atomic mass is 10.1. The number of benzene rings is 1. The van der Waals surface area contributed by atoms with Crippen molar-refractivity contribution in [1.82, 2.24) is 15.6 Å². The van der Waals surface area contributed by atoms with E-state index in [1.807, 2.05) is 24.4 Å². The van der Waals surface area contributed by atoms with Gasteiger partial charge in [-0.05, 0) is 48.7 Å². The van der Waals surface area contributed by atoms with Gasteiger partial charge in [0.25, 0.3) is 0 Å². The van der Waals surface area contributed by atoms with Gasteiger partial charge in [-0.2, -0.15) is 0 Å². The Morgan fingerprint density at radius 3 is 2.73 bits per heavy atom. The second-order valence-corrected chi connectivity index (χ2v) is 7.12. The van der Waals surface area contributed by atoms with Crippen molar-refractivity contribution in [3.05, 3.63) is 58.8 Å². The highest BCUT2D eigenvalue weighted by Crippen LogP contribution is 2.24. The minimum Gasteiger partial charge on any atom is -0.371 e. The molecule has 26 heavy (non-hydrogen) atoms. The normalized spacial score (nSPS) is 16.9. The lowest BCUT2D eigenvalue weighted by Gasteiger charge is -2.19. The largest absolute Gasteiger partial charge is 0.371 e. The first-order valence-corrected chi connectivity index (χ1v) is 9.39. The van der Waals surface area contributed by atoms with Crippen molar-refractivity contribution in [2.75, 3.05) is 31.6 Å². The number of nitrogens with zero attached hydrogens (tertiary/aromatic N) is 3. The zero-order valence-electron chi connectivity index (χ0n) is 14.9. The minimum atomic E-state index is 0. The zero-order valence-corrected chi connectivity index (χ0v) is 18.8. The Hall–Kier alpha value is -1.35. The fraction of sp³-hybridized carbons (Fsp3) is 0.368. The summed E-state index contributed by atoms with van der Waals surface area (Å²) in [5.74, 6) is 1.45. The summed E-state index contributed by atoms with van der Waals surface area (Å²) < 4.78 is 1.12. The Morgan fingerprint density at radius 2 is 2.04 bits per heavy atom. The van der Waals surface area contributed by atoms with E-state index < -0.39 is 0 Å². The molecule has 1 aliphatic rings. The molecule has 3 rings (SSSR count). The van der Waals surface area contributed by atoms with Gasteiger partial charge in [-0.3, -0.25) is 9.98 Å². The number of pyridine rings is 1. The van der Waals surface area contributed by atoms with Gasteiger partial charge in [0, 0.05) is 43.0 Å². The molecule has 0 radical (unpaired) electrons. The topological polar surface area (TPSA) is 52.6 Å². The maximum atomic E-state index is 4.32. The smallest absolute Gasteiger partial charge is 0.191 e. The van der Waals surface area contributed by atoms with E-state index in [4.69, 9.17) is 0 Å². The highest BCUT2D eigenvalue weighted by Gasteiger charge is 2.22. The van der Waals surface area contributed by atoms with Gasteiger partial charge < -0.3 is 15.5 Å². The number of aliphatic imine (C=N–C) groups is 1. The van der Waals surface area contributed by atoms with Crippen LogP contribution >= 0.6 is 39.9 Å². The first-order chi connectivity index (χ1) is 12.2. The maximum Gasteiger partial charge on any atom is 0.191 e. The van der Waals surface area contributed by atoms with Crippen molar-refractivity contribution >= 4 is 51.6 Å². The SMILES string of the molecule is CN=C(NCc1ccccn1)NCC1CCN(c2ccc(Br)cc2)C1.I. The van der Waals surface area contributed by atoms with Crippen LogP contribution in [0.2, 0.25) is 0 Å². The Bertz CT molecular complexity index is 693. The van der Waals surface area contributed by atoms with E-state index in [2.05, 4.69) is 65.7 Å². The van der Waals surface area contributed by atoms with E-state index in [1.165, 1.54) is 12.1 Å². The van der Waals surface area contributed by atoms with Crippen LogP contribution in [0.5, 0.6) is 0 Å². The van der Waals surface area contributed by atoms with E-state index in [-0.39, 0.29) is 24.0 Å². The summed E-state index contributed by atoms with van der Waals surface area (Å²) in [5.41, 5.74) is 2.30. The van der Waals surface area contributed by atoms with Gasteiger partial charge in [-0.15, -0.1) is 24.0 Å². The average molecular weight is 530 g/mol. The van der Waals surface area contributed by atoms with Crippen LogP contribution in [0.25, 0.3) is 0 Å². The maximum absolute atomic E-state index is 4.32. The van der Waals surface area contributed by atoms with E-state index >= 15 is 0 Å². The standard InChI is InChI=1S/C19H24BrN5.HI/c1-21-19(24-13-17-4-2-3-10-22-17)23-12-15-9-11-25(14-15)18-7-5-16(20)6-8-18;/h2-8,10,15H,9,11-14H2,1H3,(H2,21,23,24);1H. The summed E-state index contributed by atoms with van der Waals surface area (Å²) in [4.78, 5) is 11.1. The molecule has 1 unspecified atom stereocenters. The van der Waals surface area contributed by atoms with Gasteiger partial charge in [-0.25, -0.2) is 0 Å². The van der Waals surface area contributed by atoms with Crippen molar-refractivity contribution in [1.29, 1.82) is 0 Å². The molecule has 2 heterocycles. The Kier molecular flexibility index (Phi) is 8.64. The predicted molar refractivity (Wildman–Crippen MR) is 122 cm³/mol. The third-order valence-corrected chi connectivity index (χ3v) is 4.95. The first kappa shape index (κ1) is 21.0. The van der Waals surface area contributed by atoms with Crippen molar-refractivity contribution in [3.8, 4) is 0 Å². The molecule has 5 nitrogen and oxygen atoms in total. The second-order valence-electron chi connectivity index (χ2n) is 6.20. The molecule has 1 saturated heterocycles. The molecule has 1 fully saturated rings. The molecular formula is C19H25BrIN5. The first-order valence-electron chi connectivity index (χ1n) is 8.59. The molecule has 0 saturated carbocycles. The van der Waals surface area contributed by atoms with E-state index in [0.717, 1.165) is 35.8 Å². The van der Waals surface area contributed by atoms with E-state index in [0.29, 0.717) is 12.5 Å². The molecule has 140 valence electrons.